The third kappa shape index (κ3) is 2.81. The summed E-state index contributed by atoms with van der Waals surface area (Å²) in [5, 5.41) is 1.13. The van der Waals surface area contributed by atoms with Crippen molar-refractivity contribution < 1.29 is 4.74 Å². The molecule has 2 aromatic rings. The van der Waals surface area contributed by atoms with E-state index < -0.39 is 0 Å². The van der Waals surface area contributed by atoms with Gasteiger partial charge in [0.25, 0.3) is 0 Å². The van der Waals surface area contributed by atoms with Crippen LogP contribution in [-0.2, 0) is 4.74 Å². The van der Waals surface area contributed by atoms with Crippen molar-refractivity contribution in [1.29, 1.82) is 0 Å². The van der Waals surface area contributed by atoms with E-state index in [4.69, 9.17) is 10.5 Å². The fraction of sp³-hybridized carbons (Fsp3) is 0.357. The molecule has 0 saturated carbocycles. The van der Waals surface area contributed by atoms with E-state index >= 15 is 0 Å². The molecular weight excluding hydrogens is 212 g/mol. The summed E-state index contributed by atoms with van der Waals surface area (Å²) in [5.74, 6) is 0. The van der Waals surface area contributed by atoms with Gasteiger partial charge in [-0.1, -0.05) is 18.2 Å². The van der Waals surface area contributed by atoms with Gasteiger partial charge in [-0.2, -0.15) is 0 Å². The summed E-state index contributed by atoms with van der Waals surface area (Å²) in [4.78, 5) is 4.41. The number of rotatable bonds is 4. The van der Waals surface area contributed by atoms with Crippen LogP contribution in [0.4, 0.5) is 0 Å². The van der Waals surface area contributed by atoms with E-state index in [0.29, 0.717) is 0 Å². The number of para-hydroxylation sites is 1. The molecule has 0 aliphatic carbocycles. The Kier molecular flexibility index (Phi) is 3.71. The van der Waals surface area contributed by atoms with Crippen LogP contribution in [-0.4, -0.2) is 18.2 Å². The zero-order valence-corrected chi connectivity index (χ0v) is 10.3. The second-order valence-electron chi connectivity index (χ2n) is 4.35. The van der Waals surface area contributed by atoms with Gasteiger partial charge in [0.1, 0.15) is 0 Å². The number of hydrogen-bond acceptors (Lipinski definition) is 3. The largest absolute Gasteiger partial charge is 0.382 e. The Morgan fingerprint density at radius 3 is 2.88 bits per heavy atom. The second-order valence-corrected chi connectivity index (χ2v) is 4.35. The summed E-state index contributed by atoms with van der Waals surface area (Å²) < 4.78 is 5.23. The summed E-state index contributed by atoms with van der Waals surface area (Å²) in [7, 11) is 1.70. The van der Waals surface area contributed by atoms with Crippen molar-refractivity contribution >= 4 is 10.9 Å². The second kappa shape index (κ2) is 5.25. The van der Waals surface area contributed by atoms with Crippen molar-refractivity contribution in [3.8, 4) is 0 Å². The fourth-order valence-electron chi connectivity index (χ4n) is 1.88. The Labute approximate surface area is 102 Å². The molecule has 2 rings (SSSR count). The standard InChI is InChI=1S/C14H18N2O/c1-10(17-2)7-13(15)12-8-11-5-3-4-6-14(11)16-9-12/h3-6,8-10,13H,7,15H2,1-2H3. The first-order valence-corrected chi connectivity index (χ1v) is 5.83. The highest BCUT2D eigenvalue weighted by Gasteiger charge is 2.11. The summed E-state index contributed by atoms with van der Waals surface area (Å²) in [6.07, 6.45) is 2.82. The summed E-state index contributed by atoms with van der Waals surface area (Å²) in [6.45, 7) is 2.02. The number of nitrogens with two attached hydrogens (primary N) is 1. The Morgan fingerprint density at radius 1 is 1.35 bits per heavy atom. The van der Waals surface area contributed by atoms with E-state index in [1.807, 2.05) is 31.3 Å². The molecule has 0 amide bonds. The number of ether oxygens (including phenoxy) is 1. The number of aromatic nitrogens is 1. The summed E-state index contributed by atoms with van der Waals surface area (Å²) in [6, 6.07) is 10.1. The molecule has 2 unspecified atom stereocenters. The van der Waals surface area contributed by atoms with Crippen LogP contribution in [0.15, 0.2) is 36.5 Å². The van der Waals surface area contributed by atoms with Crippen molar-refractivity contribution in [2.45, 2.75) is 25.5 Å². The fourth-order valence-corrected chi connectivity index (χ4v) is 1.88. The average molecular weight is 230 g/mol. The van der Waals surface area contributed by atoms with Crippen LogP contribution in [0.2, 0.25) is 0 Å². The van der Waals surface area contributed by atoms with Crippen LogP contribution >= 0.6 is 0 Å². The molecule has 1 heterocycles. The third-order valence-electron chi connectivity index (χ3n) is 3.03. The van der Waals surface area contributed by atoms with Crippen LogP contribution < -0.4 is 5.73 Å². The molecule has 2 N–H and O–H groups in total. The predicted octanol–water partition coefficient (Wildman–Crippen LogP) is 2.66. The van der Waals surface area contributed by atoms with E-state index in [0.717, 1.165) is 22.9 Å². The summed E-state index contributed by atoms with van der Waals surface area (Å²) >= 11 is 0. The minimum absolute atomic E-state index is 0.0259. The lowest BCUT2D eigenvalue weighted by molar-refractivity contribution is 0.104. The van der Waals surface area contributed by atoms with Crippen LogP contribution in [0.5, 0.6) is 0 Å². The molecule has 0 spiro atoms. The van der Waals surface area contributed by atoms with Gasteiger partial charge in [-0.05, 0) is 31.0 Å². The molecule has 0 aliphatic rings. The smallest absolute Gasteiger partial charge is 0.0702 e. The van der Waals surface area contributed by atoms with Gasteiger partial charge in [-0.25, -0.2) is 0 Å². The lowest BCUT2D eigenvalue weighted by Crippen LogP contribution is -2.18. The van der Waals surface area contributed by atoms with Gasteiger partial charge in [0, 0.05) is 24.7 Å². The first-order chi connectivity index (χ1) is 8.20. The number of methoxy groups -OCH3 is 1. The molecule has 17 heavy (non-hydrogen) atoms. The zero-order chi connectivity index (χ0) is 12.3. The maximum Gasteiger partial charge on any atom is 0.0702 e. The third-order valence-corrected chi connectivity index (χ3v) is 3.03. The molecule has 3 heteroatoms. The number of benzene rings is 1. The normalized spacial score (nSPS) is 14.8. The number of hydrogen-bond donors (Lipinski definition) is 1. The van der Waals surface area contributed by atoms with Crippen molar-refractivity contribution in [1.82, 2.24) is 4.98 Å². The predicted molar refractivity (Wildman–Crippen MR) is 69.8 cm³/mol. The SMILES string of the molecule is COC(C)CC(N)c1cnc2ccccc2c1. The minimum atomic E-state index is -0.0259. The van der Waals surface area contributed by atoms with Crippen molar-refractivity contribution in [3.05, 3.63) is 42.1 Å². The van der Waals surface area contributed by atoms with E-state index in [1.165, 1.54) is 0 Å². The molecule has 1 aromatic heterocycles. The van der Waals surface area contributed by atoms with E-state index in [9.17, 15) is 0 Å². The van der Waals surface area contributed by atoms with Crippen LogP contribution in [0.25, 0.3) is 10.9 Å². The number of pyridine rings is 1. The lowest BCUT2D eigenvalue weighted by atomic mass is 10.0. The maximum absolute atomic E-state index is 6.14. The van der Waals surface area contributed by atoms with Crippen LogP contribution in [0, 0.1) is 0 Å². The maximum atomic E-state index is 6.14. The zero-order valence-electron chi connectivity index (χ0n) is 10.3. The topological polar surface area (TPSA) is 48.1 Å². The molecule has 2 atom stereocenters. The highest BCUT2D eigenvalue weighted by Crippen LogP contribution is 2.20. The first-order valence-electron chi connectivity index (χ1n) is 5.83. The minimum Gasteiger partial charge on any atom is -0.382 e. The van der Waals surface area contributed by atoms with Crippen LogP contribution in [0.3, 0.4) is 0 Å². The number of fused-ring (bicyclic) bond motifs is 1. The Balaban J connectivity index is 2.23. The molecule has 0 radical (unpaired) electrons. The average Bonchev–Trinajstić information content (AvgIpc) is 2.38. The first kappa shape index (κ1) is 12.0. The van der Waals surface area contributed by atoms with Crippen molar-refractivity contribution in [2.75, 3.05) is 7.11 Å². The molecule has 0 fully saturated rings. The van der Waals surface area contributed by atoms with Gasteiger partial charge in [0.05, 0.1) is 11.6 Å². The Bertz CT molecular complexity index is 498. The monoisotopic (exact) mass is 230 g/mol. The highest BCUT2D eigenvalue weighted by atomic mass is 16.5. The van der Waals surface area contributed by atoms with Gasteiger partial charge >= 0.3 is 0 Å². The molecule has 0 bridgehead atoms. The van der Waals surface area contributed by atoms with Crippen molar-refractivity contribution in [2.24, 2.45) is 5.73 Å². The molecule has 0 aliphatic heterocycles. The highest BCUT2D eigenvalue weighted by molar-refractivity contribution is 5.78. The molecule has 90 valence electrons. The van der Waals surface area contributed by atoms with Gasteiger partial charge in [0.15, 0.2) is 0 Å². The summed E-state index contributed by atoms with van der Waals surface area (Å²) in [5.41, 5.74) is 8.21. The van der Waals surface area contributed by atoms with Gasteiger partial charge in [0.2, 0.25) is 0 Å². The van der Waals surface area contributed by atoms with Gasteiger partial charge in [-0.3, -0.25) is 4.98 Å². The van der Waals surface area contributed by atoms with E-state index in [-0.39, 0.29) is 12.1 Å². The lowest BCUT2D eigenvalue weighted by Gasteiger charge is -2.16. The molecular formula is C14H18N2O. The quantitative estimate of drug-likeness (QED) is 0.878. The van der Waals surface area contributed by atoms with E-state index in [2.05, 4.69) is 17.1 Å². The van der Waals surface area contributed by atoms with Gasteiger partial charge in [-0.15, -0.1) is 0 Å². The van der Waals surface area contributed by atoms with E-state index in [1.54, 1.807) is 7.11 Å². The molecule has 1 aromatic carbocycles. The van der Waals surface area contributed by atoms with Crippen LogP contribution in [0.1, 0.15) is 24.9 Å². The Morgan fingerprint density at radius 2 is 2.12 bits per heavy atom. The van der Waals surface area contributed by atoms with Gasteiger partial charge < -0.3 is 10.5 Å². The number of nitrogens with zero attached hydrogens (tertiary/aromatic N) is 1. The molecule has 0 saturated heterocycles. The Hall–Kier alpha value is -1.45. The van der Waals surface area contributed by atoms with Crippen molar-refractivity contribution in [3.63, 3.8) is 0 Å². The molecule has 3 nitrogen and oxygen atoms in total.